The number of carbonyl (C=O) groups is 3. The summed E-state index contributed by atoms with van der Waals surface area (Å²) in [5.41, 5.74) is 2.28. The number of amides is 3. The zero-order valence-electron chi connectivity index (χ0n) is 14.0. The first kappa shape index (κ1) is 16.7. The minimum Gasteiger partial charge on any atom is -0.452 e. The van der Waals surface area contributed by atoms with Gasteiger partial charge in [0.15, 0.2) is 6.61 Å². The minimum atomic E-state index is -0.634. The van der Waals surface area contributed by atoms with Crippen molar-refractivity contribution in [3.05, 3.63) is 47.3 Å². The molecular weight excluding hydrogens is 324 g/mol. The van der Waals surface area contributed by atoms with E-state index >= 15 is 0 Å². The Labute approximate surface area is 144 Å². The first-order chi connectivity index (χ1) is 12.0. The molecule has 2 aromatic rings. The third-order valence-electron chi connectivity index (χ3n) is 3.98. The Morgan fingerprint density at radius 2 is 1.96 bits per heavy atom. The van der Waals surface area contributed by atoms with Gasteiger partial charge in [-0.2, -0.15) is 5.10 Å². The van der Waals surface area contributed by atoms with Crippen LogP contribution in [0.2, 0.25) is 0 Å². The smallest absolute Gasteiger partial charge is 0.342 e. The fourth-order valence-corrected chi connectivity index (χ4v) is 2.75. The summed E-state index contributed by atoms with van der Waals surface area (Å²) in [5.74, 6) is -1.18. The zero-order chi connectivity index (χ0) is 18.0. The van der Waals surface area contributed by atoms with Crippen LogP contribution in [0, 0.1) is 13.8 Å². The standard InChI is InChI=1S/C17H18N4O4/c1-11-15(12(2)21(19-11)13-6-4-3-5-7-13)16(23)25-10-14(22)20-9-8-18-17(20)24/h3-7H,8-10H2,1-2H3,(H,18,24). The van der Waals surface area contributed by atoms with Crippen LogP contribution in [0.15, 0.2) is 30.3 Å². The van der Waals surface area contributed by atoms with Crippen molar-refractivity contribution in [2.75, 3.05) is 19.7 Å². The van der Waals surface area contributed by atoms with Crippen LogP contribution in [0.3, 0.4) is 0 Å². The van der Waals surface area contributed by atoms with Gasteiger partial charge in [0.05, 0.1) is 17.1 Å². The van der Waals surface area contributed by atoms with Gasteiger partial charge in [-0.1, -0.05) is 18.2 Å². The van der Waals surface area contributed by atoms with Crippen molar-refractivity contribution in [3.8, 4) is 5.69 Å². The molecule has 25 heavy (non-hydrogen) atoms. The van der Waals surface area contributed by atoms with Crippen LogP contribution in [0.5, 0.6) is 0 Å². The number of ether oxygens (including phenoxy) is 1. The average molecular weight is 342 g/mol. The molecule has 0 aliphatic carbocycles. The third kappa shape index (κ3) is 3.23. The number of hydrogen-bond donors (Lipinski definition) is 1. The van der Waals surface area contributed by atoms with Crippen molar-refractivity contribution in [3.63, 3.8) is 0 Å². The lowest BCUT2D eigenvalue weighted by molar-refractivity contribution is -0.130. The maximum absolute atomic E-state index is 12.4. The van der Waals surface area contributed by atoms with Gasteiger partial charge in [0.25, 0.3) is 5.91 Å². The molecule has 1 aromatic heterocycles. The third-order valence-corrected chi connectivity index (χ3v) is 3.98. The largest absolute Gasteiger partial charge is 0.452 e. The van der Waals surface area contributed by atoms with E-state index in [0.717, 1.165) is 10.6 Å². The molecule has 0 saturated carbocycles. The SMILES string of the molecule is Cc1nn(-c2ccccc2)c(C)c1C(=O)OCC(=O)N1CCNC1=O. The van der Waals surface area contributed by atoms with Gasteiger partial charge in [0.1, 0.15) is 5.56 Å². The normalized spacial score (nSPS) is 13.7. The molecule has 0 radical (unpaired) electrons. The van der Waals surface area contributed by atoms with Crippen LogP contribution in [0.25, 0.3) is 5.69 Å². The van der Waals surface area contributed by atoms with E-state index in [0.29, 0.717) is 23.5 Å². The van der Waals surface area contributed by atoms with Gasteiger partial charge < -0.3 is 10.1 Å². The number of nitrogens with one attached hydrogen (secondary N) is 1. The summed E-state index contributed by atoms with van der Waals surface area (Å²) < 4.78 is 6.75. The van der Waals surface area contributed by atoms with Gasteiger partial charge in [-0.3, -0.25) is 9.69 Å². The summed E-state index contributed by atoms with van der Waals surface area (Å²) in [6.45, 7) is 3.67. The molecule has 8 nitrogen and oxygen atoms in total. The number of nitrogens with zero attached hydrogens (tertiary/aromatic N) is 3. The Hall–Kier alpha value is -3.16. The summed E-state index contributed by atoms with van der Waals surface area (Å²) >= 11 is 0. The molecule has 3 rings (SSSR count). The molecule has 3 amide bonds. The van der Waals surface area contributed by atoms with Crippen LogP contribution < -0.4 is 5.32 Å². The number of aromatic nitrogens is 2. The molecule has 0 spiro atoms. The van der Waals surface area contributed by atoms with Gasteiger partial charge in [0.2, 0.25) is 0 Å². The van der Waals surface area contributed by atoms with E-state index in [1.165, 1.54) is 0 Å². The van der Waals surface area contributed by atoms with Crippen molar-refractivity contribution in [2.24, 2.45) is 0 Å². The second kappa shape index (κ2) is 6.76. The summed E-state index contributed by atoms with van der Waals surface area (Å²) in [5, 5.41) is 6.90. The molecule has 1 fully saturated rings. The Kier molecular flexibility index (Phi) is 4.51. The summed E-state index contributed by atoms with van der Waals surface area (Å²) in [6.07, 6.45) is 0. The van der Waals surface area contributed by atoms with E-state index in [9.17, 15) is 14.4 Å². The number of carbonyl (C=O) groups excluding carboxylic acids is 3. The summed E-state index contributed by atoms with van der Waals surface area (Å²) in [4.78, 5) is 36.8. The second-order valence-electron chi connectivity index (χ2n) is 5.65. The topological polar surface area (TPSA) is 93.5 Å². The molecule has 2 heterocycles. The lowest BCUT2D eigenvalue weighted by atomic mass is 10.2. The van der Waals surface area contributed by atoms with Crippen molar-refractivity contribution in [1.82, 2.24) is 20.0 Å². The zero-order valence-corrected chi connectivity index (χ0v) is 14.0. The molecule has 0 bridgehead atoms. The summed E-state index contributed by atoms with van der Waals surface area (Å²) in [6, 6.07) is 8.94. The molecule has 1 N–H and O–H groups in total. The van der Waals surface area contributed by atoms with E-state index in [1.807, 2.05) is 30.3 Å². The monoisotopic (exact) mass is 342 g/mol. The minimum absolute atomic E-state index is 0.277. The Morgan fingerprint density at radius 1 is 1.24 bits per heavy atom. The van der Waals surface area contributed by atoms with Crippen molar-refractivity contribution >= 4 is 17.9 Å². The van der Waals surface area contributed by atoms with Crippen LogP contribution in [-0.2, 0) is 9.53 Å². The first-order valence-corrected chi connectivity index (χ1v) is 7.86. The lowest BCUT2D eigenvalue weighted by Crippen LogP contribution is -2.37. The molecule has 1 aliphatic rings. The highest BCUT2D eigenvalue weighted by Gasteiger charge is 2.28. The number of para-hydroxylation sites is 1. The van der Waals surface area contributed by atoms with Crippen LogP contribution in [0.1, 0.15) is 21.7 Å². The fourth-order valence-electron chi connectivity index (χ4n) is 2.75. The maximum Gasteiger partial charge on any atom is 0.342 e. The number of rotatable bonds is 4. The quantitative estimate of drug-likeness (QED) is 0.843. The van der Waals surface area contributed by atoms with E-state index in [-0.39, 0.29) is 6.54 Å². The van der Waals surface area contributed by atoms with Crippen molar-refractivity contribution < 1.29 is 19.1 Å². The van der Waals surface area contributed by atoms with Gasteiger partial charge in [-0.25, -0.2) is 14.3 Å². The molecule has 0 atom stereocenters. The fraction of sp³-hybridized carbons (Fsp3) is 0.294. The van der Waals surface area contributed by atoms with Crippen LogP contribution >= 0.6 is 0 Å². The number of urea groups is 1. The van der Waals surface area contributed by atoms with Gasteiger partial charge in [-0.15, -0.1) is 0 Å². The van der Waals surface area contributed by atoms with Crippen LogP contribution in [0.4, 0.5) is 4.79 Å². The number of hydrogen-bond acceptors (Lipinski definition) is 5. The second-order valence-corrected chi connectivity index (χ2v) is 5.65. The molecule has 1 saturated heterocycles. The average Bonchev–Trinajstić information content (AvgIpc) is 3.16. The Morgan fingerprint density at radius 3 is 2.60 bits per heavy atom. The molecule has 8 heteroatoms. The Balaban J connectivity index is 1.73. The van der Waals surface area contributed by atoms with Crippen LogP contribution in [-0.4, -0.2) is 52.3 Å². The maximum atomic E-state index is 12.4. The number of esters is 1. The molecule has 130 valence electrons. The van der Waals surface area contributed by atoms with Gasteiger partial charge in [-0.05, 0) is 26.0 Å². The number of imide groups is 1. The highest BCUT2D eigenvalue weighted by Crippen LogP contribution is 2.18. The van der Waals surface area contributed by atoms with Crippen molar-refractivity contribution in [2.45, 2.75) is 13.8 Å². The predicted octanol–water partition coefficient (Wildman–Crippen LogP) is 1.20. The van der Waals surface area contributed by atoms with E-state index in [2.05, 4.69) is 10.4 Å². The Bertz CT molecular complexity index is 829. The highest BCUT2D eigenvalue weighted by molar-refractivity contribution is 5.98. The predicted molar refractivity (Wildman–Crippen MR) is 88.4 cm³/mol. The number of benzene rings is 1. The highest BCUT2D eigenvalue weighted by atomic mass is 16.5. The molecule has 1 aliphatic heterocycles. The summed E-state index contributed by atoms with van der Waals surface area (Å²) in [7, 11) is 0. The molecular formula is C17H18N4O4. The number of aryl methyl sites for hydroxylation is 1. The van der Waals surface area contributed by atoms with E-state index in [1.54, 1.807) is 18.5 Å². The van der Waals surface area contributed by atoms with Crippen molar-refractivity contribution in [1.29, 1.82) is 0 Å². The van der Waals surface area contributed by atoms with Gasteiger partial charge >= 0.3 is 12.0 Å². The molecule has 1 aromatic carbocycles. The van der Waals surface area contributed by atoms with Gasteiger partial charge in [0, 0.05) is 13.1 Å². The molecule has 0 unspecified atom stereocenters. The van der Waals surface area contributed by atoms with E-state index < -0.39 is 24.5 Å². The lowest BCUT2D eigenvalue weighted by Gasteiger charge is -2.12. The van der Waals surface area contributed by atoms with E-state index in [4.69, 9.17) is 4.74 Å². The first-order valence-electron chi connectivity index (χ1n) is 7.86.